The van der Waals surface area contributed by atoms with Gasteiger partial charge in [-0.3, -0.25) is 5.43 Å². The van der Waals surface area contributed by atoms with Crippen LogP contribution in [0.4, 0.5) is 10.8 Å². The molecule has 1 saturated heterocycles. The highest BCUT2D eigenvalue weighted by molar-refractivity contribution is 7.17. The van der Waals surface area contributed by atoms with Crippen molar-refractivity contribution in [1.29, 1.82) is 0 Å². The fraction of sp³-hybridized carbons (Fsp3) is 0.263. The van der Waals surface area contributed by atoms with Gasteiger partial charge < -0.3 is 4.90 Å². The standard InChI is InChI=1S/C19H20N4S/c1-4-12-23(13-5-1)19-11-9-16(24-19)14-20-22-18-10-8-15-6-2-3-7-17(15)21-18/h2-3,6-11,14H,1,4-5,12-13H2,(H,21,22). The molecule has 5 heteroatoms. The first-order valence-electron chi connectivity index (χ1n) is 8.38. The van der Waals surface area contributed by atoms with Crippen LogP contribution in [0, 0.1) is 0 Å². The number of anilines is 2. The molecule has 1 aromatic carbocycles. The fourth-order valence-electron chi connectivity index (χ4n) is 2.99. The van der Waals surface area contributed by atoms with Crippen LogP contribution in [0.25, 0.3) is 10.9 Å². The summed E-state index contributed by atoms with van der Waals surface area (Å²) in [6.07, 6.45) is 5.83. The van der Waals surface area contributed by atoms with Gasteiger partial charge in [-0.2, -0.15) is 5.10 Å². The number of nitrogens with zero attached hydrogens (tertiary/aromatic N) is 3. The van der Waals surface area contributed by atoms with E-state index in [-0.39, 0.29) is 0 Å². The Bertz CT molecular complexity index is 849. The summed E-state index contributed by atoms with van der Waals surface area (Å²) in [7, 11) is 0. The first-order chi connectivity index (χ1) is 11.9. The number of piperidine rings is 1. The third-order valence-electron chi connectivity index (χ3n) is 4.25. The van der Waals surface area contributed by atoms with Crippen LogP contribution in [0.2, 0.25) is 0 Å². The topological polar surface area (TPSA) is 40.5 Å². The van der Waals surface area contributed by atoms with E-state index in [0.29, 0.717) is 0 Å². The fourth-order valence-corrected chi connectivity index (χ4v) is 3.92. The number of benzene rings is 1. The predicted octanol–water partition coefficient (Wildman–Crippen LogP) is 4.73. The minimum atomic E-state index is 0.762. The molecule has 24 heavy (non-hydrogen) atoms. The second kappa shape index (κ2) is 7.01. The van der Waals surface area contributed by atoms with Crippen LogP contribution in [0.1, 0.15) is 24.1 Å². The smallest absolute Gasteiger partial charge is 0.146 e. The number of hydrogen-bond donors (Lipinski definition) is 1. The summed E-state index contributed by atoms with van der Waals surface area (Å²) in [6, 6.07) is 16.4. The lowest BCUT2D eigenvalue weighted by Gasteiger charge is -2.27. The maximum Gasteiger partial charge on any atom is 0.146 e. The van der Waals surface area contributed by atoms with Gasteiger partial charge in [0.2, 0.25) is 0 Å². The molecule has 3 aromatic rings. The van der Waals surface area contributed by atoms with Crippen molar-refractivity contribution in [3.05, 3.63) is 53.4 Å². The second-order valence-electron chi connectivity index (χ2n) is 5.98. The molecule has 1 aliphatic heterocycles. The largest absolute Gasteiger partial charge is 0.363 e. The summed E-state index contributed by atoms with van der Waals surface area (Å²) in [5, 5.41) is 6.81. The molecule has 0 spiro atoms. The number of thiophene rings is 1. The van der Waals surface area contributed by atoms with Gasteiger partial charge in [-0.05, 0) is 49.6 Å². The number of para-hydroxylation sites is 1. The first-order valence-corrected chi connectivity index (χ1v) is 9.20. The molecule has 1 N–H and O–H groups in total. The van der Waals surface area contributed by atoms with Crippen molar-refractivity contribution in [3.63, 3.8) is 0 Å². The third kappa shape index (κ3) is 3.41. The van der Waals surface area contributed by atoms with E-state index in [4.69, 9.17) is 0 Å². The summed E-state index contributed by atoms with van der Waals surface area (Å²) in [4.78, 5) is 8.19. The maximum atomic E-state index is 4.56. The molecular weight excluding hydrogens is 316 g/mol. The van der Waals surface area contributed by atoms with Crippen molar-refractivity contribution in [2.75, 3.05) is 23.4 Å². The number of hydrazone groups is 1. The minimum absolute atomic E-state index is 0.762. The quantitative estimate of drug-likeness (QED) is 0.553. The molecular formula is C19H20N4S. The molecule has 0 unspecified atom stereocenters. The van der Waals surface area contributed by atoms with Gasteiger partial charge in [-0.25, -0.2) is 4.98 Å². The van der Waals surface area contributed by atoms with Gasteiger partial charge in [-0.1, -0.05) is 18.2 Å². The van der Waals surface area contributed by atoms with E-state index in [1.165, 1.54) is 37.4 Å². The van der Waals surface area contributed by atoms with Crippen LogP contribution in [0.5, 0.6) is 0 Å². The van der Waals surface area contributed by atoms with Crippen molar-refractivity contribution >= 4 is 39.3 Å². The van der Waals surface area contributed by atoms with Gasteiger partial charge in [0.25, 0.3) is 0 Å². The molecule has 0 radical (unpaired) electrons. The average molecular weight is 336 g/mol. The Hall–Kier alpha value is -2.40. The van der Waals surface area contributed by atoms with Crippen LogP contribution in [-0.4, -0.2) is 24.3 Å². The van der Waals surface area contributed by atoms with Gasteiger partial charge in [0.1, 0.15) is 5.82 Å². The van der Waals surface area contributed by atoms with Crippen LogP contribution in [0.15, 0.2) is 53.6 Å². The summed E-state index contributed by atoms with van der Waals surface area (Å²) in [5.41, 5.74) is 4.00. The highest BCUT2D eigenvalue weighted by atomic mass is 32.1. The summed E-state index contributed by atoms with van der Waals surface area (Å²) >= 11 is 1.79. The summed E-state index contributed by atoms with van der Waals surface area (Å²) in [6.45, 7) is 2.35. The lowest BCUT2D eigenvalue weighted by Crippen LogP contribution is -2.28. The molecule has 2 aromatic heterocycles. The molecule has 0 aliphatic carbocycles. The SMILES string of the molecule is C(=NNc1ccc2ccccc2n1)c1ccc(N2CCCCC2)s1. The van der Waals surface area contributed by atoms with Crippen molar-refractivity contribution < 1.29 is 0 Å². The molecule has 0 amide bonds. The zero-order chi connectivity index (χ0) is 16.2. The zero-order valence-electron chi connectivity index (χ0n) is 13.5. The lowest BCUT2D eigenvalue weighted by molar-refractivity contribution is 0.580. The Kier molecular flexibility index (Phi) is 4.42. The number of aromatic nitrogens is 1. The Labute approximate surface area is 145 Å². The number of pyridine rings is 1. The summed E-state index contributed by atoms with van der Waals surface area (Å²) in [5.74, 6) is 0.762. The van der Waals surface area contributed by atoms with Gasteiger partial charge in [0, 0.05) is 23.4 Å². The van der Waals surface area contributed by atoms with Crippen molar-refractivity contribution in [2.45, 2.75) is 19.3 Å². The molecule has 1 fully saturated rings. The monoisotopic (exact) mass is 336 g/mol. The first kappa shape index (κ1) is 15.1. The van der Waals surface area contributed by atoms with Gasteiger partial charge in [0.15, 0.2) is 0 Å². The lowest BCUT2D eigenvalue weighted by atomic mass is 10.1. The Morgan fingerprint density at radius 3 is 2.79 bits per heavy atom. The van der Waals surface area contributed by atoms with Gasteiger partial charge >= 0.3 is 0 Å². The Balaban J connectivity index is 1.42. The molecule has 122 valence electrons. The molecule has 0 bridgehead atoms. The van der Waals surface area contributed by atoms with E-state index in [2.05, 4.69) is 44.7 Å². The predicted molar refractivity (Wildman–Crippen MR) is 103 cm³/mol. The van der Waals surface area contributed by atoms with E-state index in [0.717, 1.165) is 21.6 Å². The number of hydrogen-bond acceptors (Lipinski definition) is 5. The molecule has 4 rings (SSSR count). The molecule has 0 saturated carbocycles. The molecule has 3 heterocycles. The van der Waals surface area contributed by atoms with Crippen LogP contribution in [-0.2, 0) is 0 Å². The van der Waals surface area contributed by atoms with Crippen molar-refractivity contribution in [1.82, 2.24) is 4.98 Å². The molecule has 4 nitrogen and oxygen atoms in total. The van der Waals surface area contributed by atoms with Crippen molar-refractivity contribution in [2.24, 2.45) is 5.10 Å². The molecule has 0 atom stereocenters. The van der Waals surface area contributed by atoms with E-state index in [1.54, 1.807) is 11.3 Å². The minimum Gasteiger partial charge on any atom is -0.363 e. The maximum absolute atomic E-state index is 4.56. The zero-order valence-corrected chi connectivity index (χ0v) is 14.3. The van der Waals surface area contributed by atoms with Gasteiger partial charge in [0.05, 0.1) is 16.7 Å². The van der Waals surface area contributed by atoms with Crippen molar-refractivity contribution in [3.8, 4) is 0 Å². The highest BCUT2D eigenvalue weighted by Gasteiger charge is 2.12. The Morgan fingerprint density at radius 2 is 1.88 bits per heavy atom. The summed E-state index contributed by atoms with van der Waals surface area (Å²) < 4.78 is 0. The van der Waals surface area contributed by atoms with E-state index in [1.807, 2.05) is 30.5 Å². The number of rotatable bonds is 4. The van der Waals surface area contributed by atoms with Crippen LogP contribution < -0.4 is 10.3 Å². The van der Waals surface area contributed by atoms with E-state index in [9.17, 15) is 0 Å². The molecule has 1 aliphatic rings. The third-order valence-corrected chi connectivity index (χ3v) is 5.33. The van der Waals surface area contributed by atoms with Crippen LogP contribution in [0.3, 0.4) is 0 Å². The second-order valence-corrected chi connectivity index (χ2v) is 7.08. The van der Waals surface area contributed by atoms with Gasteiger partial charge in [-0.15, -0.1) is 11.3 Å². The Morgan fingerprint density at radius 1 is 1.00 bits per heavy atom. The van der Waals surface area contributed by atoms with Crippen LogP contribution >= 0.6 is 11.3 Å². The number of nitrogens with one attached hydrogen (secondary N) is 1. The highest BCUT2D eigenvalue weighted by Crippen LogP contribution is 2.27. The van der Waals surface area contributed by atoms with E-state index >= 15 is 0 Å². The van der Waals surface area contributed by atoms with E-state index < -0.39 is 0 Å². The number of fused-ring (bicyclic) bond motifs is 1. The average Bonchev–Trinajstić information content (AvgIpc) is 3.11. The normalized spacial score (nSPS) is 15.2.